The van der Waals surface area contributed by atoms with Crippen molar-refractivity contribution in [1.29, 1.82) is 0 Å². The number of nitrogens with zero attached hydrogens (tertiary/aromatic N) is 1. The highest BCUT2D eigenvalue weighted by Crippen LogP contribution is 2.21. The molecule has 0 aliphatic carbocycles. The summed E-state index contributed by atoms with van der Waals surface area (Å²) in [5.41, 5.74) is 0. The number of carbonyl (C=O) groups is 1. The molecule has 0 amide bonds. The van der Waals surface area contributed by atoms with Gasteiger partial charge in [0.1, 0.15) is 0 Å². The minimum absolute atomic E-state index is 0.345. The third-order valence-electron chi connectivity index (χ3n) is 1.49. The predicted octanol–water partition coefficient (Wildman–Crippen LogP) is 2.16. The van der Waals surface area contributed by atoms with Crippen molar-refractivity contribution in [2.45, 2.75) is 24.9 Å². The number of rotatable bonds is 4. The zero-order valence-corrected chi connectivity index (χ0v) is 9.11. The Morgan fingerprint density at radius 3 is 3.00 bits per heavy atom. The van der Waals surface area contributed by atoms with Gasteiger partial charge in [0.25, 0.3) is 0 Å². The van der Waals surface area contributed by atoms with Crippen LogP contribution in [0.5, 0.6) is 0 Å². The quantitative estimate of drug-likeness (QED) is 0.839. The van der Waals surface area contributed by atoms with Crippen molar-refractivity contribution in [1.82, 2.24) is 4.98 Å². The maximum absolute atomic E-state index is 10.5. The lowest BCUT2D eigenvalue weighted by molar-refractivity contribution is -0.136. The fourth-order valence-electron chi connectivity index (χ4n) is 0.750. The van der Waals surface area contributed by atoms with Crippen LogP contribution in [0.4, 0.5) is 0 Å². The molecule has 72 valence electrons. The highest BCUT2D eigenvalue weighted by molar-refractivity contribution is 7.99. The summed E-state index contributed by atoms with van der Waals surface area (Å²) in [5, 5.41) is 9.31. The Bertz CT molecular complexity index is 298. The number of carboxylic acid groups (broad SMARTS) is 1. The molecule has 3 nitrogen and oxygen atoms in total. The molecule has 0 aromatic carbocycles. The van der Waals surface area contributed by atoms with E-state index in [4.69, 9.17) is 5.11 Å². The van der Waals surface area contributed by atoms with Crippen LogP contribution in [0, 0.1) is 6.92 Å². The maximum atomic E-state index is 10.5. The standard InChI is InChI=1S/C8H11NO2S2/c1-5(8(10)11)12-4-7-3-9-6(2)13-7/h3,5H,4H2,1-2H3,(H,10,11). The van der Waals surface area contributed by atoms with E-state index in [1.54, 1.807) is 18.3 Å². The minimum atomic E-state index is -0.758. The van der Waals surface area contributed by atoms with Crippen molar-refractivity contribution < 1.29 is 9.90 Å². The van der Waals surface area contributed by atoms with E-state index >= 15 is 0 Å². The molecule has 1 N–H and O–H groups in total. The van der Waals surface area contributed by atoms with Gasteiger partial charge in [0.2, 0.25) is 0 Å². The van der Waals surface area contributed by atoms with Crippen LogP contribution >= 0.6 is 23.1 Å². The average molecular weight is 217 g/mol. The largest absolute Gasteiger partial charge is 0.480 e. The molecule has 0 spiro atoms. The Balaban J connectivity index is 2.39. The summed E-state index contributed by atoms with van der Waals surface area (Å²) < 4.78 is 0. The summed E-state index contributed by atoms with van der Waals surface area (Å²) in [5.74, 6) is -0.0230. The summed E-state index contributed by atoms with van der Waals surface area (Å²) in [6, 6.07) is 0. The van der Waals surface area contributed by atoms with Gasteiger partial charge in [-0.15, -0.1) is 23.1 Å². The SMILES string of the molecule is Cc1ncc(CSC(C)C(=O)O)s1. The highest BCUT2D eigenvalue weighted by Gasteiger charge is 2.11. The summed E-state index contributed by atoms with van der Waals surface area (Å²) in [6.07, 6.45) is 1.81. The molecule has 0 radical (unpaired) electrons. The molecule has 0 aliphatic rings. The Kier molecular flexibility index (Phi) is 3.74. The van der Waals surface area contributed by atoms with Gasteiger partial charge in [-0.25, -0.2) is 4.98 Å². The number of aromatic nitrogens is 1. The second kappa shape index (κ2) is 4.62. The summed E-state index contributed by atoms with van der Waals surface area (Å²) in [7, 11) is 0. The molecule has 0 saturated heterocycles. The van der Waals surface area contributed by atoms with E-state index in [1.165, 1.54) is 11.8 Å². The fourth-order valence-corrected chi connectivity index (χ4v) is 2.41. The lowest BCUT2D eigenvalue weighted by Gasteiger charge is -2.02. The monoisotopic (exact) mass is 217 g/mol. The number of hydrogen-bond acceptors (Lipinski definition) is 4. The molecular formula is C8H11NO2S2. The smallest absolute Gasteiger partial charge is 0.316 e. The van der Waals surface area contributed by atoms with Crippen molar-refractivity contribution in [3.63, 3.8) is 0 Å². The Hall–Kier alpha value is -0.550. The molecule has 5 heteroatoms. The molecule has 1 heterocycles. The second-order valence-corrected chi connectivity index (χ2v) is 5.29. The van der Waals surface area contributed by atoms with Crippen molar-refractivity contribution in [3.05, 3.63) is 16.1 Å². The van der Waals surface area contributed by atoms with Gasteiger partial charge < -0.3 is 5.11 Å². The topological polar surface area (TPSA) is 50.2 Å². The van der Waals surface area contributed by atoms with Gasteiger partial charge in [-0.3, -0.25) is 4.79 Å². The fraction of sp³-hybridized carbons (Fsp3) is 0.500. The van der Waals surface area contributed by atoms with E-state index in [0.29, 0.717) is 0 Å². The number of thioether (sulfide) groups is 1. The normalized spacial score (nSPS) is 12.8. The second-order valence-electron chi connectivity index (χ2n) is 2.64. The summed E-state index contributed by atoms with van der Waals surface area (Å²) in [6.45, 7) is 3.64. The van der Waals surface area contributed by atoms with Crippen molar-refractivity contribution in [3.8, 4) is 0 Å². The molecule has 1 unspecified atom stereocenters. The van der Waals surface area contributed by atoms with Gasteiger partial charge in [0.15, 0.2) is 0 Å². The number of thiazole rings is 1. The molecule has 0 saturated carbocycles. The molecule has 0 bridgehead atoms. The first-order chi connectivity index (χ1) is 6.09. The van der Waals surface area contributed by atoms with Gasteiger partial charge in [-0.2, -0.15) is 0 Å². The lowest BCUT2D eigenvalue weighted by Crippen LogP contribution is -2.11. The third kappa shape index (κ3) is 3.36. The van der Waals surface area contributed by atoms with Gasteiger partial charge in [0.05, 0.1) is 10.3 Å². The van der Waals surface area contributed by atoms with Gasteiger partial charge in [-0.05, 0) is 13.8 Å². The molecule has 13 heavy (non-hydrogen) atoms. The van der Waals surface area contributed by atoms with Gasteiger partial charge in [-0.1, -0.05) is 0 Å². The van der Waals surface area contributed by atoms with Crippen LogP contribution in [0.15, 0.2) is 6.20 Å². The lowest BCUT2D eigenvalue weighted by atomic mass is 10.5. The van der Waals surface area contributed by atoms with Crippen LogP contribution in [-0.4, -0.2) is 21.3 Å². The average Bonchev–Trinajstić information content (AvgIpc) is 2.47. The first-order valence-corrected chi connectivity index (χ1v) is 5.72. The predicted molar refractivity (Wildman–Crippen MR) is 55.2 cm³/mol. The molecule has 1 rings (SSSR count). The van der Waals surface area contributed by atoms with Crippen LogP contribution in [0.3, 0.4) is 0 Å². The number of aryl methyl sites for hydroxylation is 1. The zero-order chi connectivity index (χ0) is 9.84. The summed E-state index contributed by atoms with van der Waals surface area (Å²) >= 11 is 3.04. The van der Waals surface area contributed by atoms with E-state index in [0.717, 1.165) is 15.6 Å². The number of aliphatic carboxylic acids is 1. The Morgan fingerprint density at radius 2 is 2.54 bits per heavy atom. The summed E-state index contributed by atoms with van der Waals surface area (Å²) in [4.78, 5) is 15.7. The molecular weight excluding hydrogens is 206 g/mol. The van der Waals surface area contributed by atoms with Crippen LogP contribution in [0.1, 0.15) is 16.8 Å². The van der Waals surface area contributed by atoms with Crippen molar-refractivity contribution in [2.24, 2.45) is 0 Å². The minimum Gasteiger partial charge on any atom is -0.480 e. The first kappa shape index (κ1) is 10.5. The van der Waals surface area contributed by atoms with E-state index in [-0.39, 0.29) is 5.25 Å². The van der Waals surface area contributed by atoms with Crippen molar-refractivity contribution in [2.75, 3.05) is 0 Å². The van der Waals surface area contributed by atoms with Crippen LogP contribution in [-0.2, 0) is 10.5 Å². The number of hydrogen-bond donors (Lipinski definition) is 1. The van der Waals surface area contributed by atoms with Gasteiger partial charge in [0, 0.05) is 16.8 Å². The third-order valence-corrected chi connectivity index (χ3v) is 3.77. The van der Waals surface area contributed by atoms with E-state index < -0.39 is 5.97 Å². The van der Waals surface area contributed by atoms with Crippen LogP contribution in [0.2, 0.25) is 0 Å². The van der Waals surface area contributed by atoms with Crippen molar-refractivity contribution >= 4 is 29.1 Å². The Morgan fingerprint density at radius 1 is 1.85 bits per heavy atom. The molecule has 1 aromatic rings. The van der Waals surface area contributed by atoms with E-state index in [1.807, 2.05) is 13.1 Å². The maximum Gasteiger partial charge on any atom is 0.316 e. The first-order valence-electron chi connectivity index (χ1n) is 3.85. The van der Waals surface area contributed by atoms with E-state index in [9.17, 15) is 4.79 Å². The Labute approximate surface area is 85.2 Å². The molecule has 1 aromatic heterocycles. The van der Waals surface area contributed by atoms with E-state index in [2.05, 4.69) is 4.98 Å². The van der Waals surface area contributed by atoms with Crippen LogP contribution in [0.25, 0.3) is 0 Å². The zero-order valence-electron chi connectivity index (χ0n) is 7.48. The molecule has 0 fully saturated rings. The molecule has 0 aliphatic heterocycles. The number of carboxylic acids is 1. The highest BCUT2D eigenvalue weighted by atomic mass is 32.2. The van der Waals surface area contributed by atoms with Gasteiger partial charge >= 0.3 is 5.97 Å². The molecule has 1 atom stereocenters. The van der Waals surface area contributed by atoms with Crippen LogP contribution < -0.4 is 0 Å².